The summed E-state index contributed by atoms with van der Waals surface area (Å²) in [6.07, 6.45) is 6.76. The molecule has 1 aromatic carbocycles. The van der Waals surface area contributed by atoms with Gasteiger partial charge in [0.1, 0.15) is 11.3 Å². The monoisotopic (exact) mass is 425 g/mol. The van der Waals surface area contributed by atoms with Gasteiger partial charge < -0.3 is 15.0 Å². The lowest BCUT2D eigenvalue weighted by molar-refractivity contribution is 0.0223. The Balaban J connectivity index is 0.00000272. The minimum absolute atomic E-state index is 0. The summed E-state index contributed by atoms with van der Waals surface area (Å²) >= 11 is 0. The summed E-state index contributed by atoms with van der Waals surface area (Å²) in [7, 11) is 0. The second-order valence-electron chi connectivity index (χ2n) is 9.12. The average molecular weight is 426 g/mol. The van der Waals surface area contributed by atoms with Crippen LogP contribution in [0.2, 0.25) is 0 Å². The van der Waals surface area contributed by atoms with E-state index in [1.165, 1.54) is 32.1 Å². The Morgan fingerprint density at radius 1 is 1.23 bits per heavy atom. The minimum Gasteiger partial charge on any atom is -0.506 e. The molecule has 4 rings (SSSR count). The summed E-state index contributed by atoms with van der Waals surface area (Å²) in [5.74, 6) is 0.106. The molecule has 1 amide bonds. The molecule has 31 heavy (non-hydrogen) atoms. The van der Waals surface area contributed by atoms with Crippen LogP contribution >= 0.6 is 0 Å². The number of hydrogen-bond donors (Lipinski definition) is 2. The Morgan fingerprint density at radius 3 is 2.68 bits per heavy atom. The molecule has 1 aromatic heterocycles. The molecule has 2 fully saturated rings. The number of piperidine rings is 1. The zero-order valence-electron chi connectivity index (χ0n) is 18.9. The fourth-order valence-electron chi connectivity index (χ4n) is 5.46. The number of fused-ring (bicyclic) bond motifs is 3. The molecule has 6 heteroatoms. The van der Waals surface area contributed by atoms with Gasteiger partial charge in [-0.1, -0.05) is 39.3 Å². The van der Waals surface area contributed by atoms with Crippen molar-refractivity contribution in [2.24, 2.45) is 5.92 Å². The van der Waals surface area contributed by atoms with Crippen LogP contribution in [0.25, 0.3) is 10.9 Å². The first kappa shape index (κ1) is 23.3. The lowest BCUT2D eigenvalue weighted by Gasteiger charge is -2.46. The molecule has 168 valence electrons. The number of likely N-dealkylation sites (tertiary alicyclic amines) is 1. The second-order valence-corrected chi connectivity index (χ2v) is 9.12. The first-order chi connectivity index (χ1) is 14.4. The Labute approximate surface area is 185 Å². The topological polar surface area (TPSA) is 74.6 Å². The quantitative estimate of drug-likeness (QED) is 0.747. The van der Waals surface area contributed by atoms with Crippen LogP contribution in [0.5, 0.6) is 5.75 Å². The molecule has 6 nitrogen and oxygen atoms in total. The lowest BCUT2D eigenvalue weighted by Crippen LogP contribution is -2.56. The number of hydrogen-bond acceptors (Lipinski definition) is 4. The number of carbonyl (C=O) groups is 1. The van der Waals surface area contributed by atoms with Crippen molar-refractivity contribution in [1.29, 1.82) is 0 Å². The van der Waals surface area contributed by atoms with Gasteiger partial charge in [0.25, 0.3) is 11.5 Å². The fourth-order valence-corrected chi connectivity index (χ4v) is 5.46. The molecule has 2 radical (unpaired) electrons. The average Bonchev–Trinajstić information content (AvgIpc) is 2.72. The maximum Gasteiger partial charge on any atom is 0.267 e. The SMILES string of the molecule is CCC(NC(=O)c1c(O)c2ccccc2n(C(C)C)c1=O)N1CCC2CCCC1C2.[CH2]. The first-order valence-electron chi connectivity index (χ1n) is 11.3. The van der Waals surface area contributed by atoms with Crippen molar-refractivity contribution in [2.45, 2.75) is 77.5 Å². The maximum absolute atomic E-state index is 13.3. The van der Waals surface area contributed by atoms with E-state index in [0.717, 1.165) is 18.9 Å². The van der Waals surface area contributed by atoms with Gasteiger partial charge in [-0.15, -0.1) is 0 Å². The van der Waals surface area contributed by atoms with Gasteiger partial charge in [-0.3, -0.25) is 14.5 Å². The van der Waals surface area contributed by atoms with Crippen LogP contribution in [-0.4, -0.2) is 39.2 Å². The molecule has 0 spiro atoms. The summed E-state index contributed by atoms with van der Waals surface area (Å²) in [6.45, 7) is 6.86. The zero-order chi connectivity index (χ0) is 21.4. The molecule has 1 aliphatic carbocycles. The van der Waals surface area contributed by atoms with Crippen molar-refractivity contribution in [2.75, 3.05) is 6.54 Å². The van der Waals surface area contributed by atoms with Gasteiger partial charge in [0.2, 0.25) is 0 Å². The molecule has 2 aliphatic rings. The minimum atomic E-state index is -0.484. The van der Waals surface area contributed by atoms with Crippen molar-refractivity contribution in [3.63, 3.8) is 0 Å². The lowest BCUT2D eigenvalue weighted by atomic mass is 9.79. The van der Waals surface area contributed by atoms with E-state index in [1.807, 2.05) is 19.9 Å². The highest BCUT2D eigenvalue weighted by Crippen LogP contribution is 2.36. The van der Waals surface area contributed by atoms with Gasteiger partial charge in [0.15, 0.2) is 0 Å². The number of aromatic nitrogens is 1. The molecule has 2 bridgehead atoms. The molecule has 3 unspecified atom stereocenters. The second kappa shape index (κ2) is 9.43. The number of rotatable bonds is 5. The van der Waals surface area contributed by atoms with Crippen molar-refractivity contribution in [3.8, 4) is 5.75 Å². The van der Waals surface area contributed by atoms with Gasteiger partial charge in [-0.25, -0.2) is 0 Å². The fraction of sp³-hybridized carbons (Fsp3) is 0.560. The molecule has 1 saturated heterocycles. The highest BCUT2D eigenvalue weighted by molar-refractivity contribution is 6.02. The summed E-state index contributed by atoms with van der Waals surface area (Å²) < 4.78 is 1.59. The van der Waals surface area contributed by atoms with E-state index in [0.29, 0.717) is 16.9 Å². The highest BCUT2D eigenvalue weighted by atomic mass is 16.3. The summed E-state index contributed by atoms with van der Waals surface area (Å²) in [5.41, 5.74) is 0.0483. The predicted molar refractivity (Wildman–Crippen MR) is 124 cm³/mol. The molecule has 1 saturated carbocycles. The number of aromatic hydroxyl groups is 1. The summed E-state index contributed by atoms with van der Waals surface area (Å²) in [4.78, 5) is 28.9. The van der Waals surface area contributed by atoms with Crippen LogP contribution in [0.15, 0.2) is 29.1 Å². The summed E-state index contributed by atoms with van der Waals surface area (Å²) in [6, 6.07) is 7.57. The van der Waals surface area contributed by atoms with Gasteiger partial charge in [0.05, 0.1) is 11.7 Å². The standard InChI is InChI=1S/C24H33N3O3.CH2/c1-4-20(26-13-12-16-8-7-9-17(26)14-16)25-23(29)21-22(28)18-10-5-6-11-19(18)27(15(2)3)24(21)30;/h5-6,10-11,15-17,20,28H,4,7-9,12-14H2,1-3H3,(H,25,29);1H2. The summed E-state index contributed by atoms with van der Waals surface area (Å²) in [5, 5.41) is 14.5. The highest BCUT2D eigenvalue weighted by Gasteiger charge is 2.36. The smallest absolute Gasteiger partial charge is 0.267 e. The number of benzene rings is 1. The van der Waals surface area contributed by atoms with Crippen LogP contribution < -0.4 is 10.9 Å². The third-order valence-corrected chi connectivity index (χ3v) is 6.94. The normalized spacial score (nSPS) is 22.2. The van der Waals surface area contributed by atoms with Crippen LogP contribution in [0, 0.1) is 13.3 Å². The van der Waals surface area contributed by atoms with E-state index in [2.05, 4.69) is 17.1 Å². The first-order valence-corrected chi connectivity index (χ1v) is 11.3. The molecular weight excluding hydrogens is 390 g/mol. The zero-order valence-corrected chi connectivity index (χ0v) is 18.9. The van der Waals surface area contributed by atoms with E-state index in [1.54, 1.807) is 22.8 Å². The number of nitrogens with zero attached hydrogens (tertiary/aromatic N) is 2. The van der Waals surface area contributed by atoms with E-state index in [4.69, 9.17) is 0 Å². The van der Waals surface area contributed by atoms with Crippen molar-refractivity contribution in [3.05, 3.63) is 47.6 Å². The van der Waals surface area contributed by atoms with Crippen molar-refractivity contribution >= 4 is 16.8 Å². The molecule has 1 aliphatic heterocycles. The number of carbonyl (C=O) groups excluding carboxylic acids is 1. The number of para-hydroxylation sites is 1. The maximum atomic E-state index is 13.3. The molecular formula is C25H35N3O3. The van der Waals surface area contributed by atoms with E-state index in [9.17, 15) is 14.7 Å². The Kier molecular flexibility index (Phi) is 7.10. The molecule has 2 heterocycles. The third kappa shape index (κ3) is 4.22. The van der Waals surface area contributed by atoms with Gasteiger partial charge in [-0.05, 0) is 57.6 Å². The molecule has 2 N–H and O–H groups in total. The van der Waals surface area contributed by atoms with Crippen molar-refractivity contribution in [1.82, 2.24) is 14.8 Å². The van der Waals surface area contributed by atoms with Crippen LogP contribution in [0.3, 0.4) is 0 Å². The Hall–Kier alpha value is -2.34. The van der Waals surface area contributed by atoms with Crippen LogP contribution in [-0.2, 0) is 0 Å². The van der Waals surface area contributed by atoms with Crippen LogP contribution in [0.1, 0.15) is 75.7 Å². The Bertz CT molecular complexity index is 997. The van der Waals surface area contributed by atoms with E-state index < -0.39 is 11.5 Å². The van der Waals surface area contributed by atoms with E-state index >= 15 is 0 Å². The van der Waals surface area contributed by atoms with Gasteiger partial charge in [0, 0.05) is 24.0 Å². The number of amides is 1. The number of nitrogens with one attached hydrogen (secondary N) is 1. The molecule has 2 aromatic rings. The third-order valence-electron chi connectivity index (χ3n) is 6.94. The van der Waals surface area contributed by atoms with Gasteiger partial charge >= 0.3 is 0 Å². The predicted octanol–water partition coefficient (Wildman–Crippen LogP) is 4.35. The van der Waals surface area contributed by atoms with Crippen molar-refractivity contribution < 1.29 is 9.90 Å². The molecule has 3 atom stereocenters. The van der Waals surface area contributed by atoms with Gasteiger partial charge in [-0.2, -0.15) is 0 Å². The van der Waals surface area contributed by atoms with E-state index in [-0.39, 0.29) is 30.9 Å². The Morgan fingerprint density at radius 2 is 1.97 bits per heavy atom. The van der Waals surface area contributed by atoms with Crippen LogP contribution in [0.4, 0.5) is 0 Å². The largest absolute Gasteiger partial charge is 0.506 e. The number of pyridine rings is 1.